The van der Waals surface area contributed by atoms with Gasteiger partial charge >= 0.3 is 0 Å². The van der Waals surface area contributed by atoms with E-state index in [1.54, 1.807) is 19.2 Å². The first-order valence-electron chi connectivity index (χ1n) is 7.97. The summed E-state index contributed by atoms with van der Waals surface area (Å²) < 4.78 is 31.2. The highest BCUT2D eigenvalue weighted by atomic mass is 32.2. The number of benzene rings is 2. The molecule has 0 heterocycles. The van der Waals surface area contributed by atoms with Gasteiger partial charge in [-0.25, -0.2) is 13.1 Å². The number of methoxy groups -OCH3 is 1. The zero-order valence-electron chi connectivity index (χ0n) is 14.6. The molecule has 0 bridgehead atoms. The van der Waals surface area contributed by atoms with E-state index in [0.29, 0.717) is 6.54 Å². The molecule has 0 aliphatic heterocycles. The van der Waals surface area contributed by atoms with Gasteiger partial charge in [-0.05, 0) is 42.4 Å². The number of sulfonamides is 1. The number of nitrogens with one attached hydrogen (secondary N) is 1. The predicted molar refractivity (Wildman–Crippen MR) is 100.0 cm³/mol. The topological polar surface area (TPSA) is 58.6 Å². The second kappa shape index (κ2) is 8.80. The lowest BCUT2D eigenvalue weighted by Crippen LogP contribution is -2.23. The summed E-state index contributed by atoms with van der Waals surface area (Å²) in [6.07, 6.45) is 1.86. The van der Waals surface area contributed by atoms with Gasteiger partial charge in [0, 0.05) is 19.6 Å². The molecule has 5 nitrogen and oxygen atoms in total. The Bertz CT molecular complexity index is 802. The van der Waals surface area contributed by atoms with Gasteiger partial charge in [0.05, 0.1) is 12.0 Å². The first kappa shape index (κ1) is 19.2. The van der Waals surface area contributed by atoms with Crippen molar-refractivity contribution in [2.45, 2.75) is 18.0 Å². The Kier molecular flexibility index (Phi) is 6.75. The molecule has 0 spiro atoms. The third kappa shape index (κ3) is 5.42. The Morgan fingerprint density at radius 3 is 2.40 bits per heavy atom. The molecule has 0 aromatic heterocycles. The lowest BCUT2D eigenvalue weighted by atomic mass is 10.1. The summed E-state index contributed by atoms with van der Waals surface area (Å²) in [7, 11) is -0.343. The maximum absolute atomic E-state index is 11.8. The van der Waals surface area contributed by atoms with Gasteiger partial charge in [0.2, 0.25) is 10.0 Å². The number of rotatable bonds is 9. The summed E-state index contributed by atoms with van der Waals surface area (Å²) >= 11 is 0. The second-order valence-electron chi connectivity index (χ2n) is 5.66. The minimum absolute atomic E-state index is 0.266. The van der Waals surface area contributed by atoms with Crippen LogP contribution in [0.5, 0.6) is 5.75 Å². The molecule has 0 unspecified atom stereocenters. The van der Waals surface area contributed by atoms with E-state index >= 15 is 0 Å². The number of hydrogen-bond donors (Lipinski definition) is 1. The predicted octanol–water partition coefficient (Wildman–Crippen LogP) is 2.79. The van der Waals surface area contributed by atoms with Crippen LogP contribution < -0.4 is 9.46 Å². The van der Waals surface area contributed by atoms with Crippen LogP contribution in [0.2, 0.25) is 0 Å². The van der Waals surface area contributed by atoms with Gasteiger partial charge in [0.1, 0.15) is 5.75 Å². The Hall–Kier alpha value is -2.15. The number of hydrogen-bond acceptors (Lipinski definition) is 4. The van der Waals surface area contributed by atoms with Crippen LogP contribution in [0.15, 0.2) is 66.1 Å². The molecule has 2 aromatic carbocycles. The van der Waals surface area contributed by atoms with E-state index in [1.165, 1.54) is 7.05 Å². The molecule has 0 saturated heterocycles. The fourth-order valence-corrected chi connectivity index (χ4v) is 3.28. The van der Waals surface area contributed by atoms with Crippen LogP contribution in [0.25, 0.3) is 0 Å². The number of nitrogens with zero attached hydrogens (tertiary/aromatic N) is 1. The molecule has 2 aromatic rings. The van der Waals surface area contributed by atoms with Gasteiger partial charge in [-0.1, -0.05) is 30.3 Å². The standard InChI is InChI=1S/C19H24N2O3S/c1-4-12-21(15-17-6-5-7-18(13-17)24-3)14-16-8-10-19(11-9-16)25(22,23)20-2/h4-11,13,20H,1,12,14-15H2,2-3H3. The summed E-state index contributed by atoms with van der Waals surface area (Å²) in [5.74, 6) is 0.831. The minimum Gasteiger partial charge on any atom is -0.497 e. The summed E-state index contributed by atoms with van der Waals surface area (Å²) in [6.45, 7) is 6.00. The van der Waals surface area contributed by atoms with E-state index in [9.17, 15) is 8.42 Å². The van der Waals surface area contributed by atoms with Crippen molar-refractivity contribution in [1.82, 2.24) is 9.62 Å². The average molecular weight is 360 g/mol. The van der Waals surface area contributed by atoms with Crippen molar-refractivity contribution in [2.75, 3.05) is 20.7 Å². The second-order valence-corrected chi connectivity index (χ2v) is 7.55. The molecule has 0 aliphatic rings. The highest BCUT2D eigenvalue weighted by Crippen LogP contribution is 2.17. The largest absolute Gasteiger partial charge is 0.497 e. The van der Waals surface area contributed by atoms with Crippen LogP contribution in [0, 0.1) is 0 Å². The molecule has 0 atom stereocenters. The Labute approximate surface area is 150 Å². The molecule has 6 heteroatoms. The van der Waals surface area contributed by atoms with Gasteiger partial charge in [0.25, 0.3) is 0 Å². The van der Waals surface area contributed by atoms with E-state index in [4.69, 9.17) is 4.74 Å². The molecule has 2 rings (SSSR count). The van der Waals surface area contributed by atoms with Crippen LogP contribution in [0.1, 0.15) is 11.1 Å². The molecular formula is C19H24N2O3S. The summed E-state index contributed by atoms with van der Waals surface area (Å²) in [6, 6.07) is 14.9. The van der Waals surface area contributed by atoms with Crippen LogP contribution in [-0.4, -0.2) is 34.0 Å². The minimum atomic E-state index is -3.40. The molecule has 0 amide bonds. The third-order valence-electron chi connectivity index (χ3n) is 3.84. The summed E-state index contributed by atoms with van der Waals surface area (Å²) in [5, 5.41) is 0. The van der Waals surface area contributed by atoms with Crippen LogP contribution in [-0.2, 0) is 23.1 Å². The van der Waals surface area contributed by atoms with Gasteiger partial charge in [-0.15, -0.1) is 6.58 Å². The van der Waals surface area contributed by atoms with Crippen molar-refractivity contribution in [1.29, 1.82) is 0 Å². The lowest BCUT2D eigenvalue weighted by molar-refractivity contribution is 0.285. The van der Waals surface area contributed by atoms with Crippen molar-refractivity contribution < 1.29 is 13.2 Å². The van der Waals surface area contributed by atoms with Crippen molar-refractivity contribution >= 4 is 10.0 Å². The molecule has 0 fully saturated rings. The first-order chi connectivity index (χ1) is 12.0. The summed E-state index contributed by atoms with van der Waals surface area (Å²) in [4.78, 5) is 2.49. The Morgan fingerprint density at radius 1 is 1.12 bits per heavy atom. The molecule has 0 radical (unpaired) electrons. The van der Waals surface area contributed by atoms with E-state index in [2.05, 4.69) is 22.3 Å². The number of ether oxygens (including phenoxy) is 1. The van der Waals surface area contributed by atoms with E-state index in [1.807, 2.05) is 36.4 Å². The van der Waals surface area contributed by atoms with Gasteiger partial charge < -0.3 is 4.74 Å². The fourth-order valence-electron chi connectivity index (χ4n) is 2.55. The molecule has 0 saturated carbocycles. The average Bonchev–Trinajstić information content (AvgIpc) is 2.62. The highest BCUT2D eigenvalue weighted by Gasteiger charge is 2.12. The van der Waals surface area contributed by atoms with Gasteiger partial charge in [-0.2, -0.15) is 0 Å². The first-order valence-corrected chi connectivity index (χ1v) is 9.45. The molecule has 1 N–H and O–H groups in total. The maximum Gasteiger partial charge on any atom is 0.240 e. The zero-order chi connectivity index (χ0) is 18.3. The van der Waals surface area contributed by atoms with Crippen LogP contribution in [0.4, 0.5) is 0 Å². The summed E-state index contributed by atoms with van der Waals surface area (Å²) in [5.41, 5.74) is 2.19. The molecule has 134 valence electrons. The van der Waals surface area contributed by atoms with E-state index < -0.39 is 10.0 Å². The Balaban J connectivity index is 2.11. The van der Waals surface area contributed by atoms with Gasteiger partial charge in [-0.3, -0.25) is 4.90 Å². The van der Waals surface area contributed by atoms with E-state index in [-0.39, 0.29) is 4.90 Å². The monoisotopic (exact) mass is 360 g/mol. The highest BCUT2D eigenvalue weighted by molar-refractivity contribution is 7.89. The van der Waals surface area contributed by atoms with Crippen molar-refractivity contribution in [3.05, 3.63) is 72.3 Å². The molecule has 0 aliphatic carbocycles. The molecular weight excluding hydrogens is 336 g/mol. The SMILES string of the molecule is C=CCN(Cc1ccc(S(=O)(=O)NC)cc1)Cc1cccc(OC)c1. The fraction of sp³-hybridized carbons (Fsp3) is 0.263. The van der Waals surface area contributed by atoms with Crippen LogP contribution >= 0.6 is 0 Å². The third-order valence-corrected chi connectivity index (χ3v) is 5.27. The normalized spacial score (nSPS) is 11.5. The van der Waals surface area contributed by atoms with Gasteiger partial charge in [0.15, 0.2) is 0 Å². The van der Waals surface area contributed by atoms with Crippen molar-refractivity contribution in [3.8, 4) is 5.75 Å². The van der Waals surface area contributed by atoms with Crippen LogP contribution in [0.3, 0.4) is 0 Å². The van der Waals surface area contributed by atoms with E-state index in [0.717, 1.165) is 30.0 Å². The molecule has 25 heavy (non-hydrogen) atoms. The van der Waals surface area contributed by atoms with Crippen molar-refractivity contribution in [3.63, 3.8) is 0 Å². The smallest absolute Gasteiger partial charge is 0.240 e. The Morgan fingerprint density at radius 2 is 1.80 bits per heavy atom. The zero-order valence-corrected chi connectivity index (χ0v) is 15.4. The van der Waals surface area contributed by atoms with Crippen molar-refractivity contribution in [2.24, 2.45) is 0 Å². The lowest BCUT2D eigenvalue weighted by Gasteiger charge is -2.21. The quantitative estimate of drug-likeness (QED) is 0.699. The maximum atomic E-state index is 11.8.